The van der Waals surface area contributed by atoms with E-state index in [1.807, 2.05) is 12.1 Å². The Balaban J connectivity index is 2.08. The highest BCUT2D eigenvalue weighted by atomic mass is 16.5. The molecule has 0 fully saturated rings. The normalized spacial score (nSPS) is 10.9. The second-order valence-electron chi connectivity index (χ2n) is 5.75. The molecule has 0 atom stereocenters. The van der Waals surface area contributed by atoms with Gasteiger partial charge < -0.3 is 14.6 Å². The lowest BCUT2D eigenvalue weighted by atomic mass is 10.0. The fraction of sp³-hybridized carbons (Fsp3) is 0.263. The molecule has 6 nitrogen and oxygen atoms in total. The van der Waals surface area contributed by atoms with Crippen molar-refractivity contribution >= 4 is 12.1 Å². The van der Waals surface area contributed by atoms with Crippen LogP contribution >= 0.6 is 0 Å². The van der Waals surface area contributed by atoms with Crippen LogP contribution in [-0.2, 0) is 0 Å². The van der Waals surface area contributed by atoms with Gasteiger partial charge in [0.15, 0.2) is 11.5 Å². The summed E-state index contributed by atoms with van der Waals surface area (Å²) in [4.78, 5) is 12.1. The molecule has 0 heterocycles. The van der Waals surface area contributed by atoms with E-state index in [1.165, 1.54) is 26.0 Å². The van der Waals surface area contributed by atoms with Gasteiger partial charge in [-0.05, 0) is 35.7 Å². The number of rotatable bonds is 6. The van der Waals surface area contributed by atoms with Gasteiger partial charge in [-0.25, -0.2) is 5.43 Å². The maximum absolute atomic E-state index is 12.1. The number of amides is 1. The zero-order valence-corrected chi connectivity index (χ0v) is 14.7. The molecule has 0 aromatic heterocycles. The Morgan fingerprint density at radius 3 is 2.16 bits per heavy atom. The van der Waals surface area contributed by atoms with Crippen LogP contribution in [0.4, 0.5) is 0 Å². The number of nitrogens with one attached hydrogen (secondary N) is 1. The Kier molecular flexibility index (Phi) is 6.00. The minimum absolute atomic E-state index is 0.0866. The molecule has 0 aliphatic rings. The van der Waals surface area contributed by atoms with Crippen LogP contribution in [0.5, 0.6) is 17.2 Å². The number of phenols is 1. The molecule has 0 bridgehead atoms. The Morgan fingerprint density at radius 2 is 1.68 bits per heavy atom. The van der Waals surface area contributed by atoms with Crippen LogP contribution in [0.2, 0.25) is 0 Å². The summed E-state index contributed by atoms with van der Waals surface area (Å²) >= 11 is 0. The zero-order chi connectivity index (χ0) is 18.4. The topological polar surface area (TPSA) is 80.2 Å². The van der Waals surface area contributed by atoms with E-state index in [1.54, 1.807) is 24.3 Å². The number of methoxy groups -OCH3 is 2. The first-order valence-electron chi connectivity index (χ1n) is 7.84. The van der Waals surface area contributed by atoms with Crippen LogP contribution in [0, 0.1) is 0 Å². The predicted molar refractivity (Wildman–Crippen MR) is 96.8 cm³/mol. The second kappa shape index (κ2) is 8.19. The van der Waals surface area contributed by atoms with Gasteiger partial charge in [0, 0.05) is 11.1 Å². The summed E-state index contributed by atoms with van der Waals surface area (Å²) in [6, 6.07) is 10.6. The lowest BCUT2D eigenvalue weighted by Crippen LogP contribution is -2.17. The molecular formula is C19H22N2O4. The number of benzene rings is 2. The molecule has 1 amide bonds. The minimum atomic E-state index is -0.302. The number of hydrogen-bond acceptors (Lipinski definition) is 5. The summed E-state index contributed by atoms with van der Waals surface area (Å²) in [7, 11) is 2.88. The van der Waals surface area contributed by atoms with Crippen molar-refractivity contribution in [2.24, 2.45) is 5.10 Å². The fourth-order valence-corrected chi connectivity index (χ4v) is 2.24. The summed E-state index contributed by atoms with van der Waals surface area (Å²) < 4.78 is 10.2. The lowest BCUT2D eigenvalue weighted by Gasteiger charge is -2.09. The maximum atomic E-state index is 12.1. The number of hydrazone groups is 1. The summed E-state index contributed by atoms with van der Waals surface area (Å²) in [5.41, 5.74) is 4.78. The molecule has 0 aliphatic carbocycles. The van der Waals surface area contributed by atoms with Crippen LogP contribution in [0.1, 0.15) is 41.3 Å². The summed E-state index contributed by atoms with van der Waals surface area (Å²) in [6.45, 7) is 4.19. The highest BCUT2D eigenvalue weighted by Gasteiger charge is 2.10. The number of nitrogens with zero attached hydrogens (tertiary/aromatic N) is 1. The third-order valence-electron chi connectivity index (χ3n) is 3.72. The summed E-state index contributed by atoms with van der Waals surface area (Å²) in [5.74, 6) is 0.545. The fourth-order valence-electron chi connectivity index (χ4n) is 2.24. The molecule has 0 saturated carbocycles. The molecule has 0 radical (unpaired) electrons. The molecule has 2 aromatic rings. The van der Waals surface area contributed by atoms with Crippen molar-refractivity contribution in [1.29, 1.82) is 0 Å². The van der Waals surface area contributed by atoms with E-state index < -0.39 is 0 Å². The molecule has 0 aliphatic heterocycles. The predicted octanol–water partition coefficient (Wildman–Crippen LogP) is 3.30. The van der Waals surface area contributed by atoms with Gasteiger partial charge in [-0.2, -0.15) is 5.10 Å². The number of aromatic hydroxyl groups is 1. The average Bonchev–Trinajstić information content (AvgIpc) is 2.62. The molecule has 2 aromatic carbocycles. The first-order chi connectivity index (χ1) is 12.0. The van der Waals surface area contributed by atoms with Crippen LogP contribution < -0.4 is 14.9 Å². The van der Waals surface area contributed by atoms with Crippen molar-refractivity contribution in [3.8, 4) is 17.2 Å². The van der Waals surface area contributed by atoms with E-state index in [4.69, 9.17) is 9.47 Å². The number of carbonyl (C=O) groups excluding carboxylic acids is 1. The molecule has 0 saturated heterocycles. The number of hydrogen-bond donors (Lipinski definition) is 2. The molecule has 0 unspecified atom stereocenters. The quantitative estimate of drug-likeness (QED) is 0.623. The summed E-state index contributed by atoms with van der Waals surface area (Å²) in [6.07, 6.45) is 1.45. The van der Waals surface area contributed by atoms with E-state index in [9.17, 15) is 9.90 Å². The highest BCUT2D eigenvalue weighted by molar-refractivity contribution is 5.95. The lowest BCUT2D eigenvalue weighted by molar-refractivity contribution is 0.0955. The van der Waals surface area contributed by atoms with Gasteiger partial charge in [0.25, 0.3) is 5.91 Å². The third-order valence-corrected chi connectivity index (χ3v) is 3.72. The minimum Gasteiger partial charge on any atom is -0.502 e. The number of ether oxygens (including phenoxy) is 2. The van der Waals surface area contributed by atoms with Crippen molar-refractivity contribution in [3.05, 3.63) is 53.1 Å². The molecule has 0 spiro atoms. The van der Waals surface area contributed by atoms with Gasteiger partial charge in [-0.15, -0.1) is 0 Å². The monoisotopic (exact) mass is 342 g/mol. The first-order valence-corrected chi connectivity index (χ1v) is 7.84. The number of phenolic OH excluding ortho intramolecular Hbond substituents is 1. The molecule has 25 heavy (non-hydrogen) atoms. The Hall–Kier alpha value is -3.02. The van der Waals surface area contributed by atoms with Crippen molar-refractivity contribution < 1.29 is 19.4 Å². The molecule has 132 valence electrons. The van der Waals surface area contributed by atoms with Gasteiger partial charge in [0.1, 0.15) is 0 Å². The molecule has 2 rings (SSSR count). The van der Waals surface area contributed by atoms with Gasteiger partial charge >= 0.3 is 0 Å². The molecule has 6 heteroatoms. The number of carbonyl (C=O) groups is 1. The smallest absolute Gasteiger partial charge is 0.271 e. The van der Waals surface area contributed by atoms with Crippen LogP contribution in [0.15, 0.2) is 41.5 Å². The highest BCUT2D eigenvalue weighted by Crippen LogP contribution is 2.36. The van der Waals surface area contributed by atoms with Crippen molar-refractivity contribution in [2.45, 2.75) is 19.8 Å². The van der Waals surface area contributed by atoms with E-state index in [0.29, 0.717) is 17.0 Å². The van der Waals surface area contributed by atoms with E-state index in [-0.39, 0.29) is 23.2 Å². The van der Waals surface area contributed by atoms with Crippen LogP contribution in [0.3, 0.4) is 0 Å². The SMILES string of the molecule is COc1cc(C=NNC(=O)c2ccc(C(C)C)cc2)cc(OC)c1O. The van der Waals surface area contributed by atoms with Gasteiger partial charge in [0.05, 0.1) is 20.4 Å². The maximum Gasteiger partial charge on any atom is 0.271 e. The second-order valence-corrected chi connectivity index (χ2v) is 5.75. The van der Waals surface area contributed by atoms with E-state index >= 15 is 0 Å². The Labute approximate surface area is 147 Å². The van der Waals surface area contributed by atoms with Crippen molar-refractivity contribution in [2.75, 3.05) is 14.2 Å². The first kappa shape index (κ1) is 18.3. The largest absolute Gasteiger partial charge is 0.502 e. The molecule has 2 N–H and O–H groups in total. The Bertz CT molecular complexity index is 742. The van der Waals surface area contributed by atoms with E-state index in [2.05, 4.69) is 24.4 Å². The zero-order valence-electron chi connectivity index (χ0n) is 14.7. The van der Waals surface area contributed by atoms with Crippen LogP contribution in [0.25, 0.3) is 0 Å². The average molecular weight is 342 g/mol. The third kappa shape index (κ3) is 4.50. The van der Waals surface area contributed by atoms with Gasteiger partial charge in [-0.1, -0.05) is 26.0 Å². The summed E-state index contributed by atoms with van der Waals surface area (Å²) in [5, 5.41) is 13.8. The van der Waals surface area contributed by atoms with Crippen LogP contribution in [-0.4, -0.2) is 31.4 Å². The molecular weight excluding hydrogens is 320 g/mol. The Morgan fingerprint density at radius 1 is 1.12 bits per heavy atom. The van der Waals surface area contributed by atoms with Crippen molar-refractivity contribution in [3.63, 3.8) is 0 Å². The van der Waals surface area contributed by atoms with Crippen molar-refractivity contribution in [1.82, 2.24) is 5.43 Å². The van der Waals surface area contributed by atoms with Gasteiger partial charge in [-0.3, -0.25) is 4.79 Å². The van der Waals surface area contributed by atoms with Gasteiger partial charge in [0.2, 0.25) is 5.75 Å². The standard InChI is InChI=1S/C19H22N2O4/c1-12(2)14-5-7-15(8-6-14)19(23)21-20-11-13-9-16(24-3)18(22)17(10-13)25-4/h5-12,22H,1-4H3,(H,21,23). The van der Waals surface area contributed by atoms with E-state index in [0.717, 1.165) is 0 Å².